The van der Waals surface area contributed by atoms with Gasteiger partial charge >= 0.3 is 0 Å². The lowest BCUT2D eigenvalue weighted by molar-refractivity contribution is -0.0386. The van der Waals surface area contributed by atoms with Crippen molar-refractivity contribution in [3.8, 4) is 0 Å². The number of piperidine rings is 1. The standard InChI is InChI=1S/C13H22N2O/c16-14-15-12-7-3-1-5-10(12)9-11-6-2-4-8-13(11)15/h10-13H,1-9H2/t10-,11+,12-,13-/m1/s1. The molecule has 1 aliphatic heterocycles. The Kier molecular flexibility index (Phi) is 2.86. The Morgan fingerprint density at radius 1 is 0.812 bits per heavy atom. The SMILES string of the molecule is O=NN1[C@@H]2CCCC[C@@H]2C[C@@H]2CCCC[C@H]21. The molecule has 0 aromatic heterocycles. The van der Waals surface area contributed by atoms with E-state index in [1.54, 1.807) is 0 Å². The molecule has 2 saturated carbocycles. The van der Waals surface area contributed by atoms with Crippen molar-refractivity contribution in [1.82, 2.24) is 5.01 Å². The third-order valence-electron chi connectivity index (χ3n) is 5.12. The maximum absolute atomic E-state index is 11.1. The zero-order chi connectivity index (χ0) is 11.0. The normalized spacial score (nSPS) is 43.4. The summed E-state index contributed by atoms with van der Waals surface area (Å²) in [6.45, 7) is 0. The highest BCUT2D eigenvalue weighted by Crippen LogP contribution is 2.45. The molecule has 90 valence electrons. The van der Waals surface area contributed by atoms with Gasteiger partial charge in [-0.1, -0.05) is 25.7 Å². The molecule has 1 saturated heterocycles. The number of nitrogens with zero attached hydrogens (tertiary/aromatic N) is 2. The minimum absolute atomic E-state index is 0.491. The van der Waals surface area contributed by atoms with Crippen molar-refractivity contribution < 1.29 is 0 Å². The number of fused-ring (bicyclic) bond motifs is 2. The highest BCUT2D eigenvalue weighted by molar-refractivity contribution is 4.96. The van der Waals surface area contributed by atoms with Gasteiger partial charge in [-0.15, -0.1) is 4.91 Å². The lowest BCUT2D eigenvalue weighted by atomic mass is 9.69. The summed E-state index contributed by atoms with van der Waals surface area (Å²) in [4.78, 5) is 11.1. The van der Waals surface area contributed by atoms with E-state index in [2.05, 4.69) is 5.29 Å². The van der Waals surface area contributed by atoms with Gasteiger partial charge in [-0.3, -0.25) is 5.01 Å². The first-order valence-corrected chi connectivity index (χ1v) is 7.02. The first-order chi connectivity index (χ1) is 7.90. The zero-order valence-electron chi connectivity index (χ0n) is 9.98. The molecule has 3 nitrogen and oxygen atoms in total. The molecule has 0 aromatic rings. The van der Waals surface area contributed by atoms with Crippen LogP contribution in [0.5, 0.6) is 0 Å². The summed E-state index contributed by atoms with van der Waals surface area (Å²) in [5, 5.41) is 5.38. The van der Waals surface area contributed by atoms with Crippen molar-refractivity contribution in [1.29, 1.82) is 0 Å². The van der Waals surface area contributed by atoms with E-state index >= 15 is 0 Å². The summed E-state index contributed by atoms with van der Waals surface area (Å²) >= 11 is 0. The van der Waals surface area contributed by atoms with Crippen molar-refractivity contribution in [3.63, 3.8) is 0 Å². The minimum Gasteiger partial charge on any atom is -0.254 e. The van der Waals surface area contributed by atoms with Crippen molar-refractivity contribution in [2.75, 3.05) is 0 Å². The molecule has 0 spiro atoms. The molecule has 0 radical (unpaired) electrons. The van der Waals surface area contributed by atoms with E-state index in [4.69, 9.17) is 0 Å². The molecule has 3 aliphatic rings. The summed E-state index contributed by atoms with van der Waals surface area (Å²) in [5.74, 6) is 1.54. The topological polar surface area (TPSA) is 32.7 Å². The Bertz CT molecular complexity index is 247. The molecule has 0 amide bonds. The fourth-order valence-corrected chi connectivity index (χ4v) is 4.38. The van der Waals surface area contributed by atoms with Gasteiger partial charge in [-0.25, -0.2) is 0 Å². The molecule has 4 atom stereocenters. The van der Waals surface area contributed by atoms with Crippen LogP contribution in [-0.4, -0.2) is 17.1 Å². The quantitative estimate of drug-likeness (QED) is 0.636. The lowest BCUT2D eigenvalue weighted by Crippen LogP contribution is -2.54. The van der Waals surface area contributed by atoms with Crippen LogP contribution in [0, 0.1) is 16.7 Å². The smallest absolute Gasteiger partial charge is 0.0534 e. The van der Waals surface area contributed by atoms with Gasteiger partial charge < -0.3 is 0 Å². The van der Waals surface area contributed by atoms with Gasteiger partial charge in [-0.05, 0) is 43.9 Å². The number of hydrogen-bond acceptors (Lipinski definition) is 2. The molecule has 0 bridgehead atoms. The predicted octanol–water partition coefficient (Wildman–Crippen LogP) is 3.49. The van der Waals surface area contributed by atoms with Crippen molar-refractivity contribution in [2.24, 2.45) is 17.1 Å². The van der Waals surface area contributed by atoms with E-state index in [-0.39, 0.29) is 0 Å². The van der Waals surface area contributed by atoms with Crippen LogP contribution in [0.3, 0.4) is 0 Å². The van der Waals surface area contributed by atoms with Gasteiger partial charge in [0.15, 0.2) is 0 Å². The van der Waals surface area contributed by atoms with Crippen molar-refractivity contribution in [2.45, 2.75) is 69.9 Å². The second-order valence-corrected chi connectivity index (χ2v) is 5.92. The van der Waals surface area contributed by atoms with Crippen molar-refractivity contribution in [3.05, 3.63) is 4.91 Å². The first kappa shape index (κ1) is 10.5. The van der Waals surface area contributed by atoms with Crippen LogP contribution in [0.4, 0.5) is 0 Å². The van der Waals surface area contributed by atoms with E-state index in [0.717, 1.165) is 11.8 Å². The number of nitroso groups, excluding NO2 is 1. The monoisotopic (exact) mass is 222 g/mol. The van der Waals surface area contributed by atoms with Crippen molar-refractivity contribution >= 4 is 0 Å². The lowest BCUT2D eigenvalue weighted by Gasteiger charge is -2.50. The highest BCUT2D eigenvalue weighted by Gasteiger charge is 2.44. The zero-order valence-corrected chi connectivity index (χ0v) is 9.98. The van der Waals surface area contributed by atoms with Crippen LogP contribution in [0.15, 0.2) is 5.29 Å². The van der Waals surface area contributed by atoms with Gasteiger partial charge in [0.2, 0.25) is 0 Å². The second kappa shape index (κ2) is 4.34. The molecule has 0 N–H and O–H groups in total. The Hall–Kier alpha value is -0.600. The van der Waals surface area contributed by atoms with E-state index in [9.17, 15) is 4.91 Å². The summed E-state index contributed by atoms with van der Waals surface area (Å²) < 4.78 is 0. The average Bonchev–Trinajstić information content (AvgIpc) is 2.36. The third-order valence-corrected chi connectivity index (χ3v) is 5.12. The molecule has 2 aliphatic carbocycles. The molecule has 16 heavy (non-hydrogen) atoms. The summed E-state index contributed by atoms with van der Waals surface area (Å²) in [6.07, 6.45) is 11.8. The molecule has 3 rings (SSSR count). The van der Waals surface area contributed by atoms with Crippen LogP contribution >= 0.6 is 0 Å². The van der Waals surface area contributed by atoms with E-state index in [1.165, 1.54) is 57.8 Å². The Morgan fingerprint density at radius 3 is 1.81 bits per heavy atom. The molecule has 3 fully saturated rings. The molecule has 3 heteroatoms. The number of rotatable bonds is 1. The van der Waals surface area contributed by atoms with Crippen LogP contribution in [0.2, 0.25) is 0 Å². The van der Waals surface area contributed by atoms with Gasteiger partial charge in [0.25, 0.3) is 0 Å². The summed E-state index contributed by atoms with van der Waals surface area (Å²) in [5.41, 5.74) is 0. The summed E-state index contributed by atoms with van der Waals surface area (Å²) in [6, 6.07) is 0.983. The molecule has 0 unspecified atom stereocenters. The molecule has 0 aromatic carbocycles. The van der Waals surface area contributed by atoms with Gasteiger partial charge in [0.1, 0.15) is 0 Å². The average molecular weight is 222 g/mol. The fourth-order valence-electron chi connectivity index (χ4n) is 4.38. The predicted molar refractivity (Wildman–Crippen MR) is 63.7 cm³/mol. The molecular weight excluding hydrogens is 200 g/mol. The minimum atomic E-state index is 0.491. The van der Waals surface area contributed by atoms with E-state index < -0.39 is 0 Å². The van der Waals surface area contributed by atoms with Gasteiger partial charge in [-0.2, -0.15) is 0 Å². The van der Waals surface area contributed by atoms with Crippen LogP contribution < -0.4 is 0 Å². The third kappa shape index (κ3) is 1.64. The number of hydrogen-bond donors (Lipinski definition) is 0. The largest absolute Gasteiger partial charge is 0.254 e. The summed E-state index contributed by atoms with van der Waals surface area (Å²) in [7, 11) is 0. The van der Waals surface area contributed by atoms with Crippen LogP contribution in [0.1, 0.15) is 57.8 Å². The Morgan fingerprint density at radius 2 is 1.31 bits per heavy atom. The maximum atomic E-state index is 11.1. The van der Waals surface area contributed by atoms with Gasteiger partial charge in [0.05, 0.1) is 17.4 Å². The van der Waals surface area contributed by atoms with Crippen LogP contribution in [0.25, 0.3) is 0 Å². The Balaban J connectivity index is 1.81. The van der Waals surface area contributed by atoms with E-state index in [0.29, 0.717) is 12.1 Å². The highest BCUT2D eigenvalue weighted by atomic mass is 16.3. The maximum Gasteiger partial charge on any atom is 0.0534 e. The van der Waals surface area contributed by atoms with Gasteiger partial charge in [0, 0.05) is 0 Å². The second-order valence-electron chi connectivity index (χ2n) is 5.92. The fraction of sp³-hybridized carbons (Fsp3) is 1.00. The molecule has 1 heterocycles. The van der Waals surface area contributed by atoms with Crippen LogP contribution in [-0.2, 0) is 0 Å². The van der Waals surface area contributed by atoms with E-state index in [1.807, 2.05) is 5.01 Å². The Labute approximate surface area is 97.5 Å². The first-order valence-electron chi connectivity index (χ1n) is 7.02. The molecular formula is C13H22N2O.